The Labute approximate surface area is 140 Å². The van der Waals surface area contributed by atoms with Crippen LogP contribution in [0.15, 0.2) is 0 Å². The van der Waals surface area contributed by atoms with E-state index in [9.17, 15) is 14.7 Å². The second-order valence-corrected chi connectivity index (χ2v) is 7.31. The summed E-state index contributed by atoms with van der Waals surface area (Å²) in [7, 11) is 0. The summed E-state index contributed by atoms with van der Waals surface area (Å²) in [5.41, 5.74) is -0.585. The van der Waals surface area contributed by atoms with Gasteiger partial charge < -0.3 is 10.0 Å². The number of aliphatic carboxylic acids is 1. The summed E-state index contributed by atoms with van der Waals surface area (Å²) in [6.07, 6.45) is 7.03. The van der Waals surface area contributed by atoms with E-state index in [4.69, 9.17) is 0 Å². The molecule has 1 saturated carbocycles. The van der Waals surface area contributed by atoms with E-state index in [2.05, 4.69) is 18.7 Å². The third-order valence-corrected chi connectivity index (χ3v) is 5.64. The van der Waals surface area contributed by atoms with Crippen molar-refractivity contribution in [3.8, 4) is 0 Å². The molecular weight excluding hydrogens is 292 g/mol. The lowest BCUT2D eigenvalue weighted by atomic mass is 9.81. The molecular formula is C18H32N2O3. The van der Waals surface area contributed by atoms with E-state index >= 15 is 0 Å². The van der Waals surface area contributed by atoms with Gasteiger partial charge in [-0.2, -0.15) is 0 Å². The van der Waals surface area contributed by atoms with Gasteiger partial charge in [-0.25, -0.2) is 0 Å². The third kappa shape index (κ3) is 4.06. The number of carbonyl (C=O) groups is 2. The van der Waals surface area contributed by atoms with Crippen LogP contribution in [0, 0.1) is 11.3 Å². The smallest absolute Gasteiger partial charge is 0.311 e. The Morgan fingerprint density at radius 2 is 1.87 bits per heavy atom. The number of hydrogen-bond donors (Lipinski definition) is 1. The van der Waals surface area contributed by atoms with Crippen molar-refractivity contribution >= 4 is 11.9 Å². The molecule has 1 saturated heterocycles. The number of fused-ring (bicyclic) bond motifs is 1. The predicted octanol–water partition coefficient (Wildman–Crippen LogP) is 2.60. The molecule has 1 N–H and O–H groups in total. The van der Waals surface area contributed by atoms with Gasteiger partial charge in [0.1, 0.15) is 0 Å². The van der Waals surface area contributed by atoms with Crippen LogP contribution < -0.4 is 0 Å². The molecule has 2 aliphatic rings. The molecule has 1 amide bonds. The van der Waals surface area contributed by atoms with Crippen LogP contribution in [-0.2, 0) is 9.59 Å². The summed E-state index contributed by atoms with van der Waals surface area (Å²) in [6.45, 7) is 7.65. The number of amides is 1. The van der Waals surface area contributed by atoms with Crippen molar-refractivity contribution in [2.24, 2.45) is 11.3 Å². The molecule has 23 heavy (non-hydrogen) atoms. The van der Waals surface area contributed by atoms with E-state index in [0.717, 1.165) is 64.6 Å². The number of carbonyl (C=O) groups excluding carboxylic acids is 1. The zero-order valence-electron chi connectivity index (χ0n) is 14.7. The van der Waals surface area contributed by atoms with Crippen molar-refractivity contribution < 1.29 is 14.7 Å². The highest BCUT2D eigenvalue weighted by Crippen LogP contribution is 2.48. The van der Waals surface area contributed by atoms with Gasteiger partial charge in [0.25, 0.3) is 0 Å². The van der Waals surface area contributed by atoms with Crippen molar-refractivity contribution in [1.29, 1.82) is 0 Å². The number of unbranched alkanes of at least 4 members (excludes halogenated alkanes) is 2. The van der Waals surface area contributed by atoms with Crippen LogP contribution in [0.4, 0.5) is 0 Å². The molecule has 0 aromatic carbocycles. The molecule has 2 fully saturated rings. The van der Waals surface area contributed by atoms with Gasteiger partial charge in [0, 0.05) is 26.2 Å². The van der Waals surface area contributed by atoms with E-state index in [-0.39, 0.29) is 11.8 Å². The summed E-state index contributed by atoms with van der Waals surface area (Å²) < 4.78 is 0. The van der Waals surface area contributed by atoms with Gasteiger partial charge in [0.05, 0.1) is 12.0 Å². The number of carboxylic acids is 1. The average Bonchev–Trinajstić information content (AvgIpc) is 3.05. The normalized spacial score (nSPS) is 27.1. The predicted molar refractivity (Wildman–Crippen MR) is 90.2 cm³/mol. The summed E-state index contributed by atoms with van der Waals surface area (Å²) in [5.74, 6) is -0.260. The van der Waals surface area contributed by atoms with Crippen LogP contribution in [0.2, 0.25) is 0 Å². The molecule has 1 aliphatic heterocycles. The minimum Gasteiger partial charge on any atom is -0.481 e. The quantitative estimate of drug-likeness (QED) is 0.708. The molecule has 2 atom stereocenters. The molecule has 1 aliphatic carbocycles. The van der Waals surface area contributed by atoms with Crippen molar-refractivity contribution in [3.63, 3.8) is 0 Å². The lowest BCUT2D eigenvalue weighted by Crippen LogP contribution is -2.42. The minimum atomic E-state index is -0.663. The van der Waals surface area contributed by atoms with Crippen molar-refractivity contribution in [2.75, 3.05) is 32.7 Å². The van der Waals surface area contributed by atoms with E-state index in [0.29, 0.717) is 13.1 Å². The Hall–Kier alpha value is -1.10. The maximum atomic E-state index is 12.6. The van der Waals surface area contributed by atoms with Gasteiger partial charge in [-0.15, -0.1) is 0 Å². The number of carboxylic acid groups (broad SMARTS) is 1. The van der Waals surface area contributed by atoms with E-state index < -0.39 is 11.4 Å². The summed E-state index contributed by atoms with van der Waals surface area (Å²) >= 11 is 0. The molecule has 2 rings (SSSR count). The van der Waals surface area contributed by atoms with Gasteiger partial charge in [0.15, 0.2) is 0 Å². The van der Waals surface area contributed by atoms with Crippen molar-refractivity contribution in [3.05, 3.63) is 0 Å². The first-order chi connectivity index (χ1) is 11.0. The first-order valence-electron chi connectivity index (χ1n) is 9.27. The van der Waals surface area contributed by atoms with Gasteiger partial charge in [0.2, 0.25) is 5.91 Å². The second kappa shape index (κ2) is 8.13. The van der Waals surface area contributed by atoms with Crippen LogP contribution in [0.3, 0.4) is 0 Å². The molecule has 0 aromatic heterocycles. The second-order valence-electron chi connectivity index (χ2n) is 7.31. The van der Waals surface area contributed by atoms with E-state index in [1.54, 1.807) is 0 Å². The molecule has 0 aromatic rings. The Bertz CT molecular complexity index is 418. The fourth-order valence-electron chi connectivity index (χ4n) is 4.21. The summed E-state index contributed by atoms with van der Waals surface area (Å²) in [6, 6.07) is 0. The van der Waals surface area contributed by atoms with Crippen LogP contribution in [-0.4, -0.2) is 59.5 Å². The van der Waals surface area contributed by atoms with Crippen molar-refractivity contribution in [2.45, 2.75) is 58.8 Å². The van der Waals surface area contributed by atoms with Gasteiger partial charge >= 0.3 is 5.97 Å². The van der Waals surface area contributed by atoms with Crippen molar-refractivity contribution in [1.82, 2.24) is 9.80 Å². The van der Waals surface area contributed by atoms with Crippen LogP contribution in [0.5, 0.6) is 0 Å². The van der Waals surface area contributed by atoms with Gasteiger partial charge in [-0.3, -0.25) is 14.5 Å². The molecule has 0 unspecified atom stereocenters. The molecule has 5 heteroatoms. The first kappa shape index (κ1) is 18.2. The lowest BCUT2D eigenvalue weighted by Gasteiger charge is -2.26. The molecule has 0 bridgehead atoms. The van der Waals surface area contributed by atoms with Crippen LogP contribution in [0.1, 0.15) is 58.8 Å². The molecule has 0 spiro atoms. The fraction of sp³-hybridized carbons (Fsp3) is 0.889. The minimum absolute atomic E-state index is 0.174. The zero-order chi connectivity index (χ0) is 16.9. The molecule has 0 radical (unpaired) electrons. The highest BCUT2D eigenvalue weighted by molar-refractivity contribution is 5.79. The summed E-state index contributed by atoms with van der Waals surface area (Å²) in [4.78, 5) is 28.4. The molecule has 132 valence electrons. The topological polar surface area (TPSA) is 60.9 Å². The first-order valence-corrected chi connectivity index (χ1v) is 9.27. The fourth-order valence-corrected chi connectivity index (χ4v) is 4.21. The van der Waals surface area contributed by atoms with Gasteiger partial charge in [-0.1, -0.05) is 33.1 Å². The number of likely N-dealkylation sites (tertiary alicyclic amines) is 1. The largest absolute Gasteiger partial charge is 0.481 e. The number of nitrogens with zero attached hydrogens (tertiary/aromatic N) is 2. The Balaban J connectivity index is 1.92. The highest BCUT2D eigenvalue weighted by atomic mass is 16.4. The monoisotopic (exact) mass is 324 g/mol. The van der Waals surface area contributed by atoms with E-state index in [1.165, 1.54) is 0 Å². The van der Waals surface area contributed by atoms with E-state index in [1.807, 2.05) is 4.90 Å². The van der Waals surface area contributed by atoms with Gasteiger partial charge in [-0.05, 0) is 31.6 Å². The standard InChI is InChI=1S/C18H32N2O3/c1-3-5-10-20(11-6-4-2)16(21)13-19-12-15-8-7-9-18(15,14-19)17(22)23/h15H,3-14H2,1-2H3,(H,22,23)/t15-,18+/m0/s1. The third-order valence-electron chi connectivity index (χ3n) is 5.64. The SMILES string of the molecule is CCCCN(CCCC)C(=O)CN1C[C@@H]2CCC[C@@]2(C(=O)O)C1. The molecule has 5 nitrogen and oxygen atoms in total. The summed E-state index contributed by atoms with van der Waals surface area (Å²) in [5, 5.41) is 9.65. The lowest BCUT2D eigenvalue weighted by molar-refractivity contribution is -0.149. The number of rotatable bonds is 9. The average molecular weight is 324 g/mol. The Morgan fingerprint density at radius 1 is 1.22 bits per heavy atom. The maximum absolute atomic E-state index is 12.6. The maximum Gasteiger partial charge on any atom is 0.311 e. The number of hydrogen-bond acceptors (Lipinski definition) is 3. The highest BCUT2D eigenvalue weighted by Gasteiger charge is 2.54. The Morgan fingerprint density at radius 3 is 2.39 bits per heavy atom. The molecule has 1 heterocycles. The van der Waals surface area contributed by atoms with Crippen LogP contribution >= 0.6 is 0 Å². The zero-order valence-corrected chi connectivity index (χ0v) is 14.7. The van der Waals surface area contributed by atoms with Crippen LogP contribution in [0.25, 0.3) is 0 Å². The Kier molecular flexibility index (Phi) is 6.45.